The summed E-state index contributed by atoms with van der Waals surface area (Å²) in [5.41, 5.74) is 5.50. The van der Waals surface area contributed by atoms with E-state index in [0.717, 1.165) is 45.3 Å². The molecule has 1 fully saturated rings. The quantitative estimate of drug-likeness (QED) is 0.615. The zero-order valence-corrected chi connectivity index (χ0v) is 9.41. The molecule has 90 valence electrons. The monoisotopic (exact) mass is 217 g/mol. The molecule has 0 amide bonds. The van der Waals surface area contributed by atoms with Crippen LogP contribution in [0.25, 0.3) is 0 Å². The summed E-state index contributed by atoms with van der Waals surface area (Å²) < 4.78 is 11.2. The summed E-state index contributed by atoms with van der Waals surface area (Å²) in [6, 6.07) is 0. The maximum Gasteiger partial charge on any atom is 0.104 e. The molecule has 0 saturated carbocycles. The molecule has 1 aliphatic rings. The molecule has 1 heterocycles. The van der Waals surface area contributed by atoms with Crippen molar-refractivity contribution in [1.29, 1.82) is 0 Å². The SMILES string of the molecule is NCC1(OCCCCCO)CCCOC1. The van der Waals surface area contributed by atoms with Gasteiger partial charge in [0.15, 0.2) is 0 Å². The predicted molar refractivity (Wildman–Crippen MR) is 58.7 cm³/mol. The third-order valence-electron chi connectivity index (χ3n) is 2.87. The lowest BCUT2D eigenvalue weighted by molar-refractivity contribution is -0.123. The Bertz CT molecular complexity index is 158. The first-order valence-electron chi connectivity index (χ1n) is 5.86. The second-order valence-corrected chi connectivity index (χ2v) is 4.18. The molecule has 3 N–H and O–H groups in total. The molecule has 15 heavy (non-hydrogen) atoms. The normalized spacial score (nSPS) is 26.8. The van der Waals surface area contributed by atoms with Crippen LogP contribution in [-0.4, -0.2) is 43.7 Å². The van der Waals surface area contributed by atoms with Crippen LogP contribution in [0.15, 0.2) is 0 Å². The molecule has 1 unspecified atom stereocenters. The van der Waals surface area contributed by atoms with Gasteiger partial charge in [-0.15, -0.1) is 0 Å². The van der Waals surface area contributed by atoms with Crippen molar-refractivity contribution < 1.29 is 14.6 Å². The first kappa shape index (κ1) is 12.9. The van der Waals surface area contributed by atoms with Crippen LogP contribution in [0.5, 0.6) is 0 Å². The van der Waals surface area contributed by atoms with Gasteiger partial charge in [0.2, 0.25) is 0 Å². The minimum absolute atomic E-state index is 0.239. The Balaban J connectivity index is 2.15. The molecule has 0 aromatic heterocycles. The van der Waals surface area contributed by atoms with Crippen LogP contribution >= 0.6 is 0 Å². The van der Waals surface area contributed by atoms with Crippen LogP contribution in [-0.2, 0) is 9.47 Å². The Morgan fingerprint density at radius 3 is 2.80 bits per heavy atom. The van der Waals surface area contributed by atoms with Crippen molar-refractivity contribution in [3.05, 3.63) is 0 Å². The Morgan fingerprint density at radius 1 is 1.33 bits per heavy atom. The number of ether oxygens (including phenoxy) is 2. The summed E-state index contributed by atoms with van der Waals surface area (Å²) >= 11 is 0. The highest BCUT2D eigenvalue weighted by molar-refractivity contribution is 4.84. The van der Waals surface area contributed by atoms with Gasteiger partial charge in [0.05, 0.1) is 6.61 Å². The summed E-state index contributed by atoms with van der Waals surface area (Å²) in [5, 5.41) is 8.63. The van der Waals surface area contributed by atoms with Gasteiger partial charge in [-0.25, -0.2) is 0 Å². The third kappa shape index (κ3) is 4.47. The van der Waals surface area contributed by atoms with Gasteiger partial charge < -0.3 is 20.3 Å². The molecule has 0 spiro atoms. The summed E-state index contributed by atoms with van der Waals surface area (Å²) in [5.74, 6) is 0. The molecular formula is C11H23NO3. The second kappa shape index (κ2) is 7.17. The topological polar surface area (TPSA) is 64.7 Å². The van der Waals surface area contributed by atoms with Crippen LogP contribution in [0.4, 0.5) is 0 Å². The lowest BCUT2D eigenvalue weighted by atomic mass is 9.96. The fourth-order valence-electron chi connectivity index (χ4n) is 1.84. The number of hydrogen-bond acceptors (Lipinski definition) is 4. The van der Waals surface area contributed by atoms with Crippen LogP contribution in [0.2, 0.25) is 0 Å². The smallest absolute Gasteiger partial charge is 0.104 e. The van der Waals surface area contributed by atoms with Crippen molar-refractivity contribution in [2.24, 2.45) is 5.73 Å². The van der Waals surface area contributed by atoms with Crippen molar-refractivity contribution in [3.63, 3.8) is 0 Å². The number of unbranched alkanes of at least 4 members (excludes halogenated alkanes) is 2. The van der Waals surface area contributed by atoms with E-state index in [1.807, 2.05) is 0 Å². The van der Waals surface area contributed by atoms with Gasteiger partial charge >= 0.3 is 0 Å². The molecule has 1 aliphatic heterocycles. The minimum Gasteiger partial charge on any atom is -0.396 e. The summed E-state index contributed by atoms with van der Waals surface area (Å²) in [7, 11) is 0. The van der Waals surface area contributed by atoms with Crippen molar-refractivity contribution >= 4 is 0 Å². The van der Waals surface area contributed by atoms with E-state index < -0.39 is 0 Å². The molecule has 1 atom stereocenters. The van der Waals surface area contributed by atoms with Gasteiger partial charge in [0.25, 0.3) is 0 Å². The number of hydrogen-bond donors (Lipinski definition) is 2. The molecule has 0 aromatic carbocycles. The maximum atomic E-state index is 8.63. The Morgan fingerprint density at radius 2 is 2.20 bits per heavy atom. The van der Waals surface area contributed by atoms with E-state index in [2.05, 4.69) is 0 Å². The lowest BCUT2D eigenvalue weighted by Crippen LogP contribution is -2.48. The van der Waals surface area contributed by atoms with E-state index in [-0.39, 0.29) is 12.2 Å². The average Bonchev–Trinajstić information content (AvgIpc) is 2.30. The van der Waals surface area contributed by atoms with Crippen LogP contribution in [0.1, 0.15) is 32.1 Å². The van der Waals surface area contributed by atoms with Crippen LogP contribution < -0.4 is 5.73 Å². The van der Waals surface area contributed by atoms with Crippen molar-refractivity contribution in [2.45, 2.75) is 37.7 Å². The van der Waals surface area contributed by atoms with Gasteiger partial charge in [-0.2, -0.15) is 0 Å². The van der Waals surface area contributed by atoms with Crippen molar-refractivity contribution in [2.75, 3.05) is 33.0 Å². The Labute approximate surface area is 91.7 Å². The van der Waals surface area contributed by atoms with E-state index in [0.29, 0.717) is 13.2 Å². The standard InChI is InChI=1S/C11H23NO3/c12-9-11(5-4-7-14-10-11)15-8-3-1-2-6-13/h13H,1-10,12H2. The molecule has 0 bridgehead atoms. The molecule has 0 aromatic rings. The molecule has 0 radical (unpaired) electrons. The van der Waals surface area contributed by atoms with E-state index >= 15 is 0 Å². The van der Waals surface area contributed by atoms with Crippen LogP contribution in [0, 0.1) is 0 Å². The van der Waals surface area contributed by atoms with Crippen LogP contribution in [0.3, 0.4) is 0 Å². The van der Waals surface area contributed by atoms with Crippen molar-refractivity contribution in [1.82, 2.24) is 0 Å². The zero-order chi connectivity index (χ0) is 11.0. The lowest BCUT2D eigenvalue weighted by Gasteiger charge is -2.35. The minimum atomic E-state index is -0.239. The molecule has 1 rings (SSSR count). The van der Waals surface area contributed by atoms with Gasteiger partial charge in [-0.3, -0.25) is 0 Å². The van der Waals surface area contributed by atoms with E-state index in [4.69, 9.17) is 20.3 Å². The number of aliphatic hydroxyl groups excluding tert-OH is 1. The molecule has 0 aliphatic carbocycles. The highest BCUT2D eigenvalue weighted by atomic mass is 16.5. The molecular weight excluding hydrogens is 194 g/mol. The Kier molecular flexibility index (Phi) is 6.17. The summed E-state index contributed by atoms with van der Waals surface area (Å²) in [6.45, 7) is 2.98. The fourth-order valence-corrected chi connectivity index (χ4v) is 1.84. The predicted octanol–water partition coefficient (Wildman–Crippen LogP) is 0.673. The van der Waals surface area contributed by atoms with Gasteiger partial charge in [0.1, 0.15) is 5.60 Å². The van der Waals surface area contributed by atoms with E-state index in [9.17, 15) is 0 Å². The van der Waals surface area contributed by atoms with E-state index in [1.165, 1.54) is 0 Å². The van der Waals surface area contributed by atoms with Gasteiger partial charge in [-0.05, 0) is 32.1 Å². The zero-order valence-electron chi connectivity index (χ0n) is 9.41. The van der Waals surface area contributed by atoms with Gasteiger partial charge in [-0.1, -0.05) is 0 Å². The molecule has 4 nitrogen and oxygen atoms in total. The molecule has 4 heteroatoms. The largest absolute Gasteiger partial charge is 0.396 e. The number of rotatable bonds is 7. The Hall–Kier alpha value is -0.160. The average molecular weight is 217 g/mol. The van der Waals surface area contributed by atoms with Crippen molar-refractivity contribution in [3.8, 4) is 0 Å². The summed E-state index contributed by atoms with van der Waals surface area (Å²) in [6.07, 6.45) is 4.90. The first-order valence-corrected chi connectivity index (χ1v) is 5.86. The number of aliphatic hydroxyl groups is 1. The highest BCUT2D eigenvalue weighted by Gasteiger charge is 2.32. The summed E-state index contributed by atoms with van der Waals surface area (Å²) in [4.78, 5) is 0. The maximum absolute atomic E-state index is 8.63. The van der Waals surface area contributed by atoms with E-state index in [1.54, 1.807) is 0 Å². The second-order valence-electron chi connectivity index (χ2n) is 4.18. The fraction of sp³-hybridized carbons (Fsp3) is 1.00. The first-order chi connectivity index (χ1) is 7.33. The highest BCUT2D eigenvalue weighted by Crippen LogP contribution is 2.22. The third-order valence-corrected chi connectivity index (χ3v) is 2.87. The van der Waals surface area contributed by atoms with Gasteiger partial charge in [0, 0.05) is 26.4 Å². The number of nitrogens with two attached hydrogens (primary N) is 1. The molecule has 1 saturated heterocycles.